The van der Waals surface area contributed by atoms with E-state index in [1.165, 1.54) is 0 Å². The van der Waals surface area contributed by atoms with Crippen molar-refractivity contribution in [2.24, 2.45) is 28.6 Å². The van der Waals surface area contributed by atoms with Crippen LogP contribution in [0.4, 0.5) is 4.79 Å². The van der Waals surface area contributed by atoms with E-state index >= 15 is 0 Å². The van der Waals surface area contributed by atoms with Crippen LogP contribution in [-0.4, -0.2) is 46.4 Å². The molecule has 3 fully saturated rings. The number of aliphatic hydroxyl groups excluding tert-OH is 1. The topological polar surface area (TPSA) is 110 Å². The van der Waals surface area contributed by atoms with Crippen LogP contribution in [0.25, 0.3) is 0 Å². The van der Waals surface area contributed by atoms with Gasteiger partial charge in [0.1, 0.15) is 0 Å². The Labute approximate surface area is 189 Å². The summed E-state index contributed by atoms with van der Waals surface area (Å²) in [6.45, 7) is 6.21. The number of unbranched alkanes of at least 4 members (excludes halogenated alkanes) is 1. The highest BCUT2D eigenvalue weighted by atomic mass is 16.7. The zero-order valence-corrected chi connectivity index (χ0v) is 19.4. The Hall–Kier alpha value is -1.89. The first-order valence-electron chi connectivity index (χ1n) is 12.1. The number of allylic oxidation sites excluding steroid dienone is 1. The van der Waals surface area contributed by atoms with Gasteiger partial charge in [0.05, 0.1) is 12.7 Å². The second-order valence-corrected chi connectivity index (χ2v) is 10.8. The lowest BCUT2D eigenvalue weighted by Gasteiger charge is -2.60. The second kappa shape index (κ2) is 8.15. The van der Waals surface area contributed by atoms with Crippen molar-refractivity contribution in [3.05, 3.63) is 11.6 Å². The number of carbonyl (C=O) groups is 3. The number of hydrogen-bond donors (Lipinski definition) is 2. The molecule has 0 radical (unpaired) electrons. The minimum atomic E-state index is -1.70. The summed E-state index contributed by atoms with van der Waals surface area (Å²) in [6.07, 6.45) is 5.60. The molecule has 32 heavy (non-hydrogen) atoms. The molecule has 0 aromatic carbocycles. The summed E-state index contributed by atoms with van der Waals surface area (Å²) in [5.41, 5.74) is -1.69. The Morgan fingerprint density at radius 1 is 1.19 bits per heavy atom. The largest absolute Gasteiger partial charge is 0.509 e. The molecule has 3 saturated carbocycles. The highest BCUT2D eigenvalue weighted by molar-refractivity contribution is 5.91. The van der Waals surface area contributed by atoms with Gasteiger partial charge >= 0.3 is 12.1 Å². The Kier molecular flexibility index (Phi) is 5.93. The number of hydrogen-bond acceptors (Lipinski definition) is 6. The van der Waals surface area contributed by atoms with E-state index in [1.54, 1.807) is 6.08 Å². The summed E-state index contributed by atoms with van der Waals surface area (Å²) in [4.78, 5) is 37.0. The number of aliphatic carboxylic acids is 1. The quantitative estimate of drug-likeness (QED) is 0.477. The molecule has 4 aliphatic rings. The normalized spacial score (nSPS) is 42.9. The van der Waals surface area contributed by atoms with Crippen molar-refractivity contribution < 1.29 is 34.1 Å². The Morgan fingerprint density at radius 3 is 2.62 bits per heavy atom. The summed E-state index contributed by atoms with van der Waals surface area (Å²) in [7, 11) is 0. The monoisotopic (exact) mass is 448 g/mol. The summed E-state index contributed by atoms with van der Waals surface area (Å²) >= 11 is 0. The van der Waals surface area contributed by atoms with Gasteiger partial charge in [0, 0.05) is 11.8 Å². The first-order valence-corrected chi connectivity index (χ1v) is 12.1. The van der Waals surface area contributed by atoms with Crippen molar-refractivity contribution in [1.29, 1.82) is 0 Å². The Bertz CT molecular complexity index is 834. The minimum absolute atomic E-state index is 0.0187. The molecule has 7 heteroatoms. The van der Waals surface area contributed by atoms with E-state index in [0.717, 1.165) is 31.3 Å². The van der Waals surface area contributed by atoms with E-state index in [1.807, 2.05) is 13.8 Å². The fourth-order valence-electron chi connectivity index (χ4n) is 7.71. The number of carboxylic acids is 1. The molecule has 0 bridgehead atoms. The lowest BCUT2D eigenvalue weighted by Crippen LogP contribution is -2.62. The number of ether oxygens (including phenoxy) is 2. The molecule has 7 nitrogen and oxygen atoms in total. The van der Waals surface area contributed by atoms with Gasteiger partial charge in [-0.1, -0.05) is 32.8 Å². The number of ketones is 1. The molecule has 0 amide bonds. The maximum atomic E-state index is 12.6. The van der Waals surface area contributed by atoms with E-state index in [4.69, 9.17) is 9.47 Å². The van der Waals surface area contributed by atoms with Crippen molar-refractivity contribution in [2.75, 3.05) is 6.61 Å². The Balaban J connectivity index is 1.64. The number of carbonyl (C=O) groups excluding carboxylic acids is 2. The van der Waals surface area contributed by atoms with Crippen LogP contribution in [0.3, 0.4) is 0 Å². The summed E-state index contributed by atoms with van der Waals surface area (Å²) < 4.78 is 10.8. The first kappa shape index (κ1) is 23.3. The van der Waals surface area contributed by atoms with Crippen molar-refractivity contribution >= 4 is 17.9 Å². The molecule has 2 N–H and O–H groups in total. The van der Waals surface area contributed by atoms with E-state index in [0.29, 0.717) is 19.3 Å². The molecule has 0 aliphatic heterocycles. The molecule has 0 aromatic rings. The first-order chi connectivity index (χ1) is 15.1. The van der Waals surface area contributed by atoms with Crippen LogP contribution < -0.4 is 0 Å². The van der Waals surface area contributed by atoms with E-state index in [2.05, 4.69) is 6.92 Å². The molecule has 0 saturated heterocycles. The molecule has 7 atom stereocenters. The molecule has 0 spiro atoms. The van der Waals surface area contributed by atoms with Crippen LogP contribution in [0, 0.1) is 28.6 Å². The predicted octanol–water partition coefficient (Wildman–Crippen LogP) is 4.27. The van der Waals surface area contributed by atoms with Crippen molar-refractivity contribution in [2.45, 2.75) is 90.3 Å². The van der Waals surface area contributed by atoms with Crippen LogP contribution in [0.5, 0.6) is 0 Å². The third-order valence-electron chi connectivity index (χ3n) is 9.34. The molecule has 0 heterocycles. The van der Waals surface area contributed by atoms with Gasteiger partial charge in [0.25, 0.3) is 0 Å². The average molecular weight is 449 g/mol. The lowest BCUT2D eigenvalue weighted by atomic mass is 9.45. The number of aliphatic hydroxyl groups is 1. The van der Waals surface area contributed by atoms with Gasteiger partial charge in [-0.15, -0.1) is 0 Å². The van der Waals surface area contributed by atoms with Gasteiger partial charge in [-0.3, -0.25) is 4.79 Å². The SMILES string of the molecule is CCCCOC(=O)OC1(C(=O)O)CC[C@H]2[C@@H]3CCC4=CC(=O)CC[C@]4(C)[C@@H]3C(O)C[C@@]21C. The number of carboxylic acid groups (broad SMARTS) is 1. The number of rotatable bonds is 5. The summed E-state index contributed by atoms with van der Waals surface area (Å²) in [5.74, 6) is -0.875. The zero-order valence-electron chi connectivity index (χ0n) is 19.4. The average Bonchev–Trinajstić information content (AvgIpc) is 3.01. The summed E-state index contributed by atoms with van der Waals surface area (Å²) in [5, 5.41) is 21.7. The molecule has 2 unspecified atom stereocenters. The van der Waals surface area contributed by atoms with Gasteiger partial charge in [-0.2, -0.15) is 0 Å². The highest BCUT2D eigenvalue weighted by Gasteiger charge is 2.71. The second-order valence-electron chi connectivity index (χ2n) is 10.8. The van der Waals surface area contributed by atoms with Crippen molar-refractivity contribution in [1.82, 2.24) is 0 Å². The third kappa shape index (κ3) is 3.30. The fraction of sp³-hybridized carbons (Fsp3) is 0.800. The molecule has 4 aliphatic carbocycles. The minimum Gasteiger partial charge on any atom is -0.478 e. The molecule has 4 rings (SSSR count). The van der Waals surface area contributed by atoms with Gasteiger partial charge < -0.3 is 19.7 Å². The number of fused-ring (bicyclic) bond motifs is 5. The summed E-state index contributed by atoms with van der Waals surface area (Å²) in [6, 6.07) is 0. The van der Waals surface area contributed by atoms with Crippen molar-refractivity contribution in [3.63, 3.8) is 0 Å². The maximum absolute atomic E-state index is 12.6. The standard InChI is InChI=1S/C25H36O7/c1-4-5-12-31-22(30)32-25(21(28)29)11-9-18-17-7-6-15-13-16(26)8-10-23(15,2)20(17)19(27)14-24(18,25)3/h13,17-20,27H,4-12,14H2,1-3H3,(H,28,29)/t17-,18-,19?,20-,23-,24-,25?/m0/s1. The van der Waals surface area contributed by atoms with Crippen molar-refractivity contribution in [3.8, 4) is 0 Å². The van der Waals surface area contributed by atoms with Gasteiger partial charge in [-0.25, -0.2) is 9.59 Å². The molecule has 178 valence electrons. The maximum Gasteiger partial charge on any atom is 0.509 e. The van der Waals surface area contributed by atoms with Crippen LogP contribution in [0.1, 0.15) is 78.6 Å². The fourth-order valence-corrected chi connectivity index (χ4v) is 7.71. The predicted molar refractivity (Wildman–Crippen MR) is 116 cm³/mol. The van der Waals surface area contributed by atoms with Crippen LogP contribution in [0.15, 0.2) is 11.6 Å². The van der Waals surface area contributed by atoms with Gasteiger partial charge in [0.15, 0.2) is 5.78 Å². The van der Waals surface area contributed by atoms with E-state index < -0.39 is 29.2 Å². The van der Waals surface area contributed by atoms with Crippen LogP contribution in [-0.2, 0) is 19.1 Å². The van der Waals surface area contributed by atoms with Crippen LogP contribution in [0.2, 0.25) is 0 Å². The molecular weight excluding hydrogens is 412 g/mol. The Morgan fingerprint density at radius 2 is 1.94 bits per heavy atom. The van der Waals surface area contributed by atoms with Gasteiger partial charge in [0.2, 0.25) is 5.60 Å². The molecular formula is C25H36O7. The third-order valence-corrected chi connectivity index (χ3v) is 9.34. The zero-order chi connectivity index (χ0) is 23.3. The smallest absolute Gasteiger partial charge is 0.478 e. The molecule has 0 aromatic heterocycles. The van der Waals surface area contributed by atoms with Gasteiger partial charge in [-0.05, 0) is 74.2 Å². The highest BCUT2D eigenvalue weighted by Crippen LogP contribution is 2.68. The lowest BCUT2D eigenvalue weighted by molar-refractivity contribution is -0.199. The van der Waals surface area contributed by atoms with E-state index in [-0.39, 0.29) is 48.4 Å². The van der Waals surface area contributed by atoms with E-state index in [9.17, 15) is 24.6 Å². The van der Waals surface area contributed by atoms with Crippen LogP contribution >= 0.6 is 0 Å².